The van der Waals surface area contributed by atoms with Gasteiger partial charge in [-0.3, -0.25) is 0 Å². The summed E-state index contributed by atoms with van der Waals surface area (Å²) in [4.78, 5) is 11.3. The van der Waals surface area contributed by atoms with Crippen LogP contribution in [0.4, 0.5) is 4.79 Å². The maximum absolute atomic E-state index is 11.3. The third-order valence-corrected chi connectivity index (χ3v) is 2.40. The second-order valence-electron chi connectivity index (χ2n) is 4.15. The summed E-state index contributed by atoms with van der Waals surface area (Å²) in [5, 5.41) is 5.76. The van der Waals surface area contributed by atoms with Crippen LogP contribution in [0, 0.1) is 0 Å². The van der Waals surface area contributed by atoms with Crippen LogP contribution in [0.3, 0.4) is 0 Å². The van der Waals surface area contributed by atoms with E-state index in [1.807, 2.05) is 0 Å². The van der Waals surface area contributed by atoms with Gasteiger partial charge in [-0.1, -0.05) is 39.5 Å². The van der Waals surface area contributed by atoms with Crippen molar-refractivity contribution in [3.05, 3.63) is 0 Å². The molecular formula is C12H26N2O. The fourth-order valence-corrected chi connectivity index (χ4v) is 1.46. The Labute approximate surface area is 94.0 Å². The molecule has 0 aromatic rings. The Morgan fingerprint density at radius 1 is 1.13 bits per heavy atom. The maximum Gasteiger partial charge on any atom is 0.314 e. The van der Waals surface area contributed by atoms with E-state index in [9.17, 15) is 4.79 Å². The van der Waals surface area contributed by atoms with Gasteiger partial charge in [-0.2, -0.15) is 0 Å². The summed E-state index contributed by atoms with van der Waals surface area (Å²) < 4.78 is 0. The first-order chi connectivity index (χ1) is 7.20. The molecule has 3 heteroatoms. The number of nitrogens with one attached hydrogen (secondary N) is 2. The van der Waals surface area contributed by atoms with Crippen molar-refractivity contribution in [1.82, 2.24) is 10.6 Å². The molecule has 0 saturated carbocycles. The largest absolute Gasteiger partial charge is 0.338 e. The molecule has 0 fully saturated rings. The monoisotopic (exact) mass is 214 g/mol. The molecule has 0 heterocycles. The number of rotatable bonds is 8. The molecule has 15 heavy (non-hydrogen) atoms. The molecule has 0 aliphatic rings. The molecule has 2 amide bonds. The molecule has 0 rings (SSSR count). The zero-order valence-electron chi connectivity index (χ0n) is 10.4. The molecule has 0 aliphatic heterocycles. The van der Waals surface area contributed by atoms with Crippen molar-refractivity contribution in [2.24, 2.45) is 0 Å². The minimum Gasteiger partial charge on any atom is -0.338 e. The van der Waals surface area contributed by atoms with E-state index in [2.05, 4.69) is 31.4 Å². The van der Waals surface area contributed by atoms with E-state index in [0.29, 0.717) is 6.04 Å². The molecule has 0 spiro atoms. The quantitative estimate of drug-likeness (QED) is 0.599. The Balaban J connectivity index is 3.38. The molecule has 2 N–H and O–H groups in total. The van der Waals surface area contributed by atoms with Gasteiger partial charge in [0.25, 0.3) is 0 Å². The molecule has 0 unspecified atom stereocenters. The van der Waals surface area contributed by atoms with Gasteiger partial charge in [-0.05, 0) is 19.8 Å². The van der Waals surface area contributed by atoms with Gasteiger partial charge in [-0.15, -0.1) is 0 Å². The van der Waals surface area contributed by atoms with Crippen LogP contribution in [0.1, 0.15) is 59.3 Å². The van der Waals surface area contributed by atoms with Gasteiger partial charge in [0.05, 0.1) is 0 Å². The second-order valence-corrected chi connectivity index (χ2v) is 4.15. The van der Waals surface area contributed by atoms with Crippen LogP contribution in [-0.4, -0.2) is 18.6 Å². The van der Waals surface area contributed by atoms with Crippen molar-refractivity contribution in [3.63, 3.8) is 0 Å². The van der Waals surface area contributed by atoms with E-state index in [-0.39, 0.29) is 6.03 Å². The van der Waals surface area contributed by atoms with Gasteiger partial charge in [-0.25, -0.2) is 4.79 Å². The van der Waals surface area contributed by atoms with Crippen LogP contribution in [0.25, 0.3) is 0 Å². The van der Waals surface area contributed by atoms with Crippen LogP contribution in [0.15, 0.2) is 0 Å². The van der Waals surface area contributed by atoms with Crippen molar-refractivity contribution in [2.75, 3.05) is 6.54 Å². The Morgan fingerprint density at radius 3 is 2.47 bits per heavy atom. The van der Waals surface area contributed by atoms with E-state index >= 15 is 0 Å². The van der Waals surface area contributed by atoms with Gasteiger partial charge in [0.1, 0.15) is 0 Å². The van der Waals surface area contributed by atoms with Crippen LogP contribution < -0.4 is 10.6 Å². The predicted molar refractivity (Wildman–Crippen MR) is 65.0 cm³/mol. The molecule has 0 aliphatic carbocycles. The zero-order valence-corrected chi connectivity index (χ0v) is 10.4. The third kappa shape index (κ3) is 9.57. The summed E-state index contributed by atoms with van der Waals surface area (Å²) in [5.74, 6) is 0. The minimum atomic E-state index is -0.0279. The van der Waals surface area contributed by atoms with Crippen LogP contribution in [0.5, 0.6) is 0 Å². The highest BCUT2D eigenvalue weighted by molar-refractivity contribution is 5.74. The Kier molecular flexibility index (Phi) is 9.33. The Hall–Kier alpha value is -0.730. The van der Waals surface area contributed by atoms with E-state index in [1.54, 1.807) is 0 Å². The number of carbonyl (C=O) groups is 1. The normalized spacial score (nSPS) is 12.2. The lowest BCUT2D eigenvalue weighted by molar-refractivity contribution is 0.237. The third-order valence-electron chi connectivity index (χ3n) is 2.40. The lowest BCUT2D eigenvalue weighted by Gasteiger charge is -2.14. The molecule has 1 atom stereocenters. The zero-order chi connectivity index (χ0) is 11.5. The van der Waals surface area contributed by atoms with Crippen molar-refractivity contribution < 1.29 is 4.79 Å². The molecular weight excluding hydrogens is 188 g/mol. The average Bonchev–Trinajstić information content (AvgIpc) is 2.21. The van der Waals surface area contributed by atoms with Crippen molar-refractivity contribution in [2.45, 2.75) is 65.3 Å². The number of hydrogen-bond acceptors (Lipinski definition) is 1. The average molecular weight is 214 g/mol. The van der Waals surface area contributed by atoms with Gasteiger partial charge in [0.2, 0.25) is 0 Å². The van der Waals surface area contributed by atoms with E-state index in [0.717, 1.165) is 19.4 Å². The summed E-state index contributed by atoms with van der Waals surface area (Å²) in [5.41, 5.74) is 0. The van der Waals surface area contributed by atoms with Crippen molar-refractivity contribution >= 4 is 6.03 Å². The SMILES string of the molecule is CCCCCC[C@@H](C)NC(=O)NCCC. The van der Waals surface area contributed by atoms with Gasteiger partial charge in [0, 0.05) is 12.6 Å². The van der Waals surface area contributed by atoms with Crippen LogP contribution in [-0.2, 0) is 0 Å². The van der Waals surface area contributed by atoms with Crippen molar-refractivity contribution in [3.8, 4) is 0 Å². The number of urea groups is 1. The number of amides is 2. The lowest BCUT2D eigenvalue weighted by Crippen LogP contribution is -2.40. The topological polar surface area (TPSA) is 41.1 Å². The molecule has 0 bridgehead atoms. The minimum absolute atomic E-state index is 0.0279. The summed E-state index contributed by atoms with van der Waals surface area (Å²) in [7, 11) is 0. The second kappa shape index (κ2) is 9.81. The first-order valence-corrected chi connectivity index (χ1v) is 6.25. The highest BCUT2D eigenvalue weighted by Gasteiger charge is 2.05. The van der Waals surface area contributed by atoms with E-state index in [4.69, 9.17) is 0 Å². The fraction of sp³-hybridized carbons (Fsp3) is 0.917. The molecule has 0 saturated heterocycles. The Morgan fingerprint density at radius 2 is 1.87 bits per heavy atom. The maximum atomic E-state index is 11.3. The van der Waals surface area contributed by atoms with Gasteiger partial charge >= 0.3 is 6.03 Å². The Bertz CT molecular complexity index is 160. The number of carbonyl (C=O) groups excluding carboxylic acids is 1. The summed E-state index contributed by atoms with van der Waals surface area (Å²) in [6, 6.07) is 0.263. The molecule has 0 radical (unpaired) electrons. The molecule has 0 aromatic heterocycles. The summed E-state index contributed by atoms with van der Waals surface area (Å²) >= 11 is 0. The summed E-state index contributed by atoms with van der Waals surface area (Å²) in [6.45, 7) is 7.08. The highest BCUT2D eigenvalue weighted by atomic mass is 16.2. The van der Waals surface area contributed by atoms with Crippen LogP contribution in [0.2, 0.25) is 0 Å². The smallest absolute Gasteiger partial charge is 0.314 e. The van der Waals surface area contributed by atoms with Crippen LogP contribution >= 0.6 is 0 Å². The molecule has 90 valence electrons. The number of hydrogen-bond donors (Lipinski definition) is 2. The predicted octanol–water partition coefficient (Wildman–Crippen LogP) is 3.05. The lowest BCUT2D eigenvalue weighted by atomic mass is 10.1. The molecule has 3 nitrogen and oxygen atoms in total. The van der Waals surface area contributed by atoms with Crippen molar-refractivity contribution in [1.29, 1.82) is 0 Å². The van der Waals surface area contributed by atoms with E-state index in [1.165, 1.54) is 25.7 Å². The first-order valence-electron chi connectivity index (χ1n) is 6.25. The molecule has 0 aromatic carbocycles. The van der Waals surface area contributed by atoms with E-state index < -0.39 is 0 Å². The van der Waals surface area contributed by atoms with Gasteiger partial charge in [0.15, 0.2) is 0 Å². The summed E-state index contributed by atoms with van der Waals surface area (Å²) in [6.07, 6.45) is 7.12. The standard InChI is InChI=1S/C12H26N2O/c1-4-6-7-8-9-11(3)14-12(15)13-10-5-2/h11H,4-10H2,1-3H3,(H2,13,14,15)/t11-/m1/s1. The fourth-order valence-electron chi connectivity index (χ4n) is 1.46. The van der Waals surface area contributed by atoms with Gasteiger partial charge < -0.3 is 10.6 Å². The first kappa shape index (κ1) is 14.3. The number of unbranched alkanes of at least 4 members (excludes halogenated alkanes) is 3. The highest BCUT2D eigenvalue weighted by Crippen LogP contribution is 2.04.